The van der Waals surface area contributed by atoms with Gasteiger partial charge in [0.05, 0.1) is 11.2 Å². The topological polar surface area (TPSA) is 12.9 Å². The highest BCUT2D eigenvalue weighted by Gasteiger charge is 2.16. The van der Waals surface area contributed by atoms with Crippen LogP contribution in [0.1, 0.15) is 0 Å². The second kappa shape index (κ2) is 10.3. The summed E-state index contributed by atoms with van der Waals surface area (Å²) in [6.07, 6.45) is 0. The molecule has 0 unspecified atom stereocenters. The second-order valence-electron chi connectivity index (χ2n) is 12.4. The van der Waals surface area contributed by atoms with Crippen LogP contribution in [-0.4, -0.2) is 4.98 Å². The normalized spacial score (nSPS) is 11.8. The monoisotopic (exact) mass is 613 g/mol. The SMILES string of the molecule is c1ccc2cc(-c3ccc4cc(-c5ccc(-c6nc7ccccc7c7c6ccc6sc8ccccc8c67)cc5)ccc4c3)ccc2c1. The Balaban J connectivity index is 1.05. The largest absolute Gasteiger partial charge is 0.247 e. The Labute approximate surface area is 276 Å². The first-order valence-electron chi connectivity index (χ1n) is 16.0. The average molecular weight is 614 g/mol. The average Bonchev–Trinajstić information content (AvgIpc) is 3.53. The maximum atomic E-state index is 5.24. The van der Waals surface area contributed by atoms with Gasteiger partial charge < -0.3 is 0 Å². The van der Waals surface area contributed by atoms with Gasteiger partial charge in [-0.15, -0.1) is 11.3 Å². The maximum Gasteiger partial charge on any atom is 0.0788 e. The third-order valence-corrected chi connectivity index (χ3v) is 10.8. The van der Waals surface area contributed by atoms with Gasteiger partial charge in [-0.05, 0) is 80.2 Å². The van der Waals surface area contributed by atoms with Gasteiger partial charge in [-0.1, -0.05) is 127 Å². The van der Waals surface area contributed by atoms with E-state index in [1.54, 1.807) is 0 Å². The molecule has 47 heavy (non-hydrogen) atoms. The highest BCUT2D eigenvalue weighted by atomic mass is 32.1. The zero-order valence-electron chi connectivity index (χ0n) is 25.4. The molecule has 0 N–H and O–H groups in total. The van der Waals surface area contributed by atoms with Crippen molar-refractivity contribution in [2.45, 2.75) is 0 Å². The predicted molar refractivity (Wildman–Crippen MR) is 203 cm³/mol. The Bertz CT molecular complexity index is 2840. The lowest BCUT2D eigenvalue weighted by Crippen LogP contribution is -1.90. The molecular formula is C45H27NS. The summed E-state index contributed by atoms with van der Waals surface area (Å²) in [5, 5.41) is 11.4. The van der Waals surface area contributed by atoms with Crippen LogP contribution in [-0.2, 0) is 0 Å². The number of benzene rings is 8. The van der Waals surface area contributed by atoms with Crippen molar-refractivity contribution in [3.05, 3.63) is 164 Å². The molecule has 0 radical (unpaired) electrons. The van der Waals surface area contributed by atoms with Crippen molar-refractivity contribution < 1.29 is 0 Å². The number of fused-ring (bicyclic) bond motifs is 9. The summed E-state index contributed by atoms with van der Waals surface area (Å²) in [5.74, 6) is 0. The first kappa shape index (κ1) is 26.4. The summed E-state index contributed by atoms with van der Waals surface area (Å²) in [4.78, 5) is 5.24. The summed E-state index contributed by atoms with van der Waals surface area (Å²) in [6, 6.07) is 59.6. The Morgan fingerprint density at radius 2 is 0.894 bits per heavy atom. The van der Waals surface area contributed by atoms with Crippen LogP contribution in [0.2, 0.25) is 0 Å². The molecule has 0 saturated carbocycles. The van der Waals surface area contributed by atoms with Crippen LogP contribution < -0.4 is 0 Å². The molecule has 0 aliphatic heterocycles. The van der Waals surface area contributed by atoms with Crippen LogP contribution in [0.5, 0.6) is 0 Å². The van der Waals surface area contributed by atoms with Crippen molar-refractivity contribution >= 4 is 74.7 Å². The molecule has 2 heterocycles. The van der Waals surface area contributed by atoms with Crippen LogP contribution in [0.15, 0.2) is 164 Å². The quantitative estimate of drug-likeness (QED) is 0.181. The molecule has 10 aromatic rings. The predicted octanol–water partition coefficient (Wildman–Crippen LogP) is 13.1. The molecule has 0 spiro atoms. The number of rotatable bonds is 3. The number of hydrogen-bond acceptors (Lipinski definition) is 2. The molecule has 0 amide bonds. The molecule has 0 atom stereocenters. The van der Waals surface area contributed by atoms with Gasteiger partial charge >= 0.3 is 0 Å². The zero-order chi connectivity index (χ0) is 30.9. The number of para-hydroxylation sites is 1. The van der Waals surface area contributed by atoms with Crippen LogP contribution in [0, 0.1) is 0 Å². The molecule has 0 saturated heterocycles. The van der Waals surface area contributed by atoms with E-state index in [0.29, 0.717) is 0 Å². The number of aromatic nitrogens is 1. The number of pyridine rings is 1. The molecule has 1 nitrogen and oxygen atoms in total. The van der Waals surface area contributed by atoms with Crippen molar-refractivity contribution in [3.63, 3.8) is 0 Å². The summed E-state index contributed by atoms with van der Waals surface area (Å²) in [5.41, 5.74) is 8.08. The van der Waals surface area contributed by atoms with E-state index >= 15 is 0 Å². The second-order valence-corrected chi connectivity index (χ2v) is 13.4. The van der Waals surface area contributed by atoms with Crippen molar-refractivity contribution in [1.29, 1.82) is 0 Å². The highest BCUT2D eigenvalue weighted by molar-refractivity contribution is 7.26. The highest BCUT2D eigenvalue weighted by Crippen LogP contribution is 2.43. The lowest BCUT2D eigenvalue weighted by molar-refractivity contribution is 1.43. The third kappa shape index (κ3) is 4.26. The van der Waals surface area contributed by atoms with E-state index in [1.165, 1.54) is 80.1 Å². The Morgan fingerprint density at radius 1 is 0.340 bits per heavy atom. The molecule has 8 aromatic carbocycles. The Hall–Kier alpha value is -5.83. The van der Waals surface area contributed by atoms with Crippen molar-refractivity contribution in [2.24, 2.45) is 0 Å². The van der Waals surface area contributed by atoms with Gasteiger partial charge in [0.25, 0.3) is 0 Å². The van der Waals surface area contributed by atoms with E-state index < -0.39 is 0 Å². The molecule has 2 aromatic heterocycles. The standard InChI is InChI=1S/C45H27NS/c1-2-8-31-25-33(18-15-28(31)7-1)36-22-21-34-26-32(19-20-35(34)27-36)29-13-16-30(17-14-29)45-39-23-24-42-44(38-10-4-6-12-41(38)47-42)43(39)37-9-3-5-11-40(37)46-45/h1-27H. The zero-order valence-corrected chi connectivity index (χ0v) is 26.3. The summed E-state index contributed by atoms with van der Waals surface area (Å²) >= 11 is 1.87. The van der Waals surface area contributed by atoms with Gasteiger partial charge in [0.1, 0.15) is 0 Å². The molecular weight excluding hydrogens is 587 g/mol. The van der Waals surface area contributed by atoms with Crippen LogP contribution >= 0.6 is 11.3 Å². The summed E-state index contributed by atoms with van der Waals surface area (Å²) < 4.78 is 2.64. The van der Waals surface area contributed by atoms with Gasteiger partial charge in [0.2, 0.25) is 0 Å². The maximum absolute atomic E-state index is 5.24. The molecule has 0 fully saturated rings. The summed E-state index contributed by atoms with van der Waals surface area (Å²) in [6.45, 7) is 0. The first-order valence-corrected chi connectivity index (χ1v) is 16.9. The molecule has 10 rings (SSSR count). The smallest absolute Gasteiger partial charge is 0.0788 e. The van der Waals surface area contributed by atoms with E-state index in [1.807, 2.05) is 11.3 Å². The number of thiophene rings is 1. The van der Waals surface area contributed by atoms with E-state index in [0.717, 1.165) is 16.8 Å². The lowest BCUT2D eigenvalue weighted by atomic mass is 9.94. The molecule has 0 aliphatic rings. The molecule has 0 bridgehead atoms. The van der Waals surface area contributed by atoms with Crippen LogP contribution in [0.4, 0.5) is 0 Å². The van der Waals surface area contributed by atoms with Gasteiger partial charge in [-0.3, -0.25) is 0 Å². The minimum atomic E-state index is 1.03. The molecule has 218 valence electrons. The minimum absolute atomic E-state index is 1.03. The van der Waals surface area contributed by atoms with Crippen LogP contribution in [0.25, 0.3) is 96.9 Å². The van der Waals surface area contributed by atoms with Crippen molar-refractivity contribution in [1.82, 2.24) is 4.98 Å². The van der Waals surface area contributed by atoms with Crippen molar-refractivity contribution in [2.75, 3.05) is 0 Å². The van der Waals surface area contributed by atoms with E-state index in [-0.39, 0.29) is 0 Å². The van der Waals surface area contributed by atoms with E-state index in [9.17, 15) is 0 Å². The lowest BCUT2D eigenvalue weighted by Gasteiger charge is -2.12. The minimum Gasteiger partial charge on any atom is -0.247 e. The van der Waals surface area contributed by atoms with Crippen molar-refractivity contribution in [3.8, 4) is 33.5 Å². The molecule has 2 heteroatoms. The van der Waals surface area contributed by atoms with Crippen LogP contribution in [0.3, 0.4) is 0 Å². The fourth-order valence-electron chi connectivity index (χ4n) is 7.27. The molecule has 0 aliphatic carbocycles. The van der Waals surface area contributed by atoms with E-state index in [4.69, 9.17) is 4.98 Å². The number of hydrogen-bond donors (Lipinski definition) is 0. The number of nitrogens with zero attached hydrogens (tertiary/aromatic N) is 1. The fraction of sp³-hybridized carbons (Fsp3) is 0. The third-order valence-electron chi connectivity index (χ3n) is 9.62. The van der Waals surface area contributed by atoms with Gasteiger partial charge in [0.15, 0.2) is 0 Å². The Kier molecular flexibility index (Phi) is 5.81. The van der Waals surface area contributed by atoms with Gasteiger partial charge in [-0.2, -0.15) is 0 Å². The fourth-order valence-corrected chi connectivity index (χ4v) is 8.39. The van der Waals surface area contributed by atoms with Gasteiger partial charge in [0, 0.05) is 41.9 Å². The Morgan fingerprint density at radius 3 is 1.66 bits per heavy atom. The summed E-state index contributed by atoms with van der Waals surface area (Å²) in [7, 11) is 0. The van der Waals surface area contributed by atoms with E-state index in [2.05, 4.69) is 164 Å². The first-order chi connectivity index (χ1) is 23.3. The van der Waals surface area contributed by atoms with Gasteiger partial charge in [-0.25, -0.2) is 4.98 Å².